The number of carbonyl (C=O) groups is 1. The molecule has 1 saturated heterocycles. The first-order valence-corrected chi connectivity index (χ1v) is 5.01. The molecule has 2 unspecified atom stereocenters. The van der Waals surface area contributed by atoms with Crippen LogP contribution in [0.4, 0.5) is 0 Å². The van der Waals surface area contributed by atoms with E-state index in [0.717, 1.165) is 6.42 Å². The van der Waals surface area contributed by atoms with E-state index in [2.05, 4.69) is 15.4 Å². The van der Waals surface area contributed by atoms with Crippen molar-refractivity contribution in [3.05, 3.63) is 11.9 Å². The molecule has 1 fully saturated rings. The molecule has 0 saturated carbocycles. The number of amides is 1. The molecule has 1 aromatic heterocycles. The third kappa shape index (κ3) is 1.99. The molecular weight excluding hydrogens is 196 g/mol. The van der Waals surface area contributed by atoms with Gasteiger partial charge in [0.2, 0.25) is 0 Å². The number of H-pyrrole nitrogens is 1. The van der Waals surface area contributed by atoms with E-state index < -0.39 is 6.10 Å². The SMILES string of the molecule is CC1CCN(C(=O)c2cn[nH]n2)CC1O. The average molecular weight is 210 g/mol. The summed E-state index contributed by atoms with van der Waals surface area (Å²) in [5.74, 6) is 0.0843. The molecule has 0 bridgehead atoms. The van der Waals surface area contributed by atoms with Crippen LogP contribution in [-0.4, -0.2) is 50.5 Å². The fourth-order valence-electron chi connectivity index (χ4n) is 1.70. The Bertz CT molecular complexity index is 338. The van der Waals surface area contributed by atoms with Crippen molar-refractivity contribution < 1.29 is 9.90 Å². The number of nitrogens with zero attached hydrogens (tertiary/aromatic N) is 3. The summed E-state index contributed by atoms with van der Waals surface area (Å²) in [5, 5.41) is 19.4. The van der Waals surface area contributed by atoms with E-state index in [-0.39, 0.29) is 11.8 Å². The number of rotatable bonds is 1. The number of aromatic nitrogens is 3. The van der Waals surface area contributed by atoms with Crippen molar-refractivity contribution in [2.45, 2.75) is 19.4 Å². The molecule has 1 aliphatic heterocycles. The van der Waals surface area contributed by atoms with E-state index in [1.165, 1.54) is 6.20 Å². The summed E-state index contributed by atoms with van der Waals surface area (Å²) in [7, 11) is 0. The van der Waals surface area contributed by atoms with E-state index in [9.17, 15) is 9.90 Å². The normalized spacial score (nSPS) is 26.7. The summed E-state index contributed by atoms with van der Waals surface area (Å²) in [6, 6.07) is 0. The molecular formula is C9H14N4O2. The zero-order valence-corrected chi connectivity index (χ0v) is 8.55. The topological polar surface area (TPSA) is 82.1 Å². The maximum atomic E-state index is 11.8. The minimum atomic E-state index is -0.436. The first-order valence-electron chi connectivity index (χ1n) is 5.01. The van der Waals surface area contributed by atoms with Crippen LogP contribution in [-0.2, 0) is 0 Å². The minimum absolute atomic E-state index is 0.172. The van der Waals surface area contributed by atoms with Crippen LogP contribution < -0.4 is 0 Å². The largest absolute Gasteiger partial charge is 0.391 e. The molecule has 1 aromatic rings. The molecule has 0 aromatic carbocycles. The first-order chi connectivity index (χ1) is 7.18. The lowest BCUT2D eigenvalue weighted by atomic mass is 9.96. The van der Waals surface area contributed by atoms with Gasteiger partial charge < -0.3 is 10.0 Å². The number of aliphatic hydroxyl groups is 1. The summed E-state index contributed by atoms with van der Waals surface area (Å²) < 4.78 is 0. The van der Waals surface area contributed by atoms with E-state index >= 15 is 0 Å². The van der Waals surface area contributed by atoms with Gasteiger partial charge in [-0.3, -0.25) is 4.79 Å². The van der Waals surface area contributed by atoms with E-state index in [0.29, 0.717) is 18.8 Å². The number of aromatic amines is 1. The Kier molecular flexibility index (Phi) is 2.68. The standard InChI is InChI=1S/C9H14N4O2/c1-6-2-3-13(5-8(6)14)9(15)7-4-10-12-11-7/h4,6,8,14H,2-3,5H2,1H3,(H,10,11,12). The van der Waals surface area contributed by atoms with Gasteiger partial charge in [-0.25, -0.2) is 0 Å². The second-order valence-electron chi connectivity index (χ2n) is 3.94. The Morgan fingerprint density at radius 1 is 1.73 bits per heavy atom. The lowest BCUT2D eigenvalue weighted by Crippen LogP contribution is -2.45. The van der Waals surface area contributed by atoms with Crippen LogP contribution in [0.1, 0.15) is 23.8 Å². The Morgan fingerprint density at radius 2 is 2.53 bits per heavy atom. The molecule has 0 radical (unpaired) electrons. The summed E-state index contributed by atoms with van der Waals surface area (Å²) in [6.07, 6.45) is 1.78. The number of aliphatic hydroxyl groups excluding tert-OH is 1. The molecule has 2 heterocycles. The van der Waals surface area contributed by atoms with Crippen molar-refractivity contribution in [1.29, 1.82) is 0 Å². The molecule has 6 heteroatoms. The highest BCUT2D eigenvalue weighted by atomic mass is 16.3. The van der Waals surface area contributed by atoms with Gasteiger partial charge in [0, 0.05) is 13.1 Å². The van der Waals surface area contributed by atoms with Crippen molar-refractivity contribution in [1.82, 2.24) is 20.3 Å². The highest BCUT2D eigenvalue weighted by Gasteiger charge is 2.28. The number of piperidine rings is 1. The Morgan fingerprint density at radius 3 is 3.13 bits per heavy atom. The molecule has 15 heavy (non-hydrogen) atoms. The van der Waals surface area contributed by atoms with Crippen molar-refractivity contribution in [2.24, 2.45) is 5.92 Å². The van der Waals surface area contributed by atoms with Gasteiger partial charge in [-0.05, 0) is 12.3 Å². The molecule has 6 nitrogen and oxygen atoms in total. The van der Waals surface area contributed by atoms with Crippen LogP contribution in [0.15, 0.2) is 6.20 Å². The Balaban J connectivity index is 2.03. The van der Waals surface area contributed by atoms with Crippen LogP contribution >= 0.6 is 0 Å². The zero-order chi connectivity index (χ0) is 10.8. The quantitative estimate of drug-likeness (QED) is 0.663. The highest BCUT2D eigenvalue weighted by molar-refractivity contribution is 5.91. The summed E-state index contributed by atoms with van der Waals surface area (Å²) in [6.45, 7) is 3.04. The van der Waals surface area contributed by atoms with Gasteiger partial charge in [0.1, 0.15) is 0 Å². The van der Waals surface area contributed by atoms with E-state index in [1.54, 1.807) is 4.90 Å². The molecule has 0 spiro atoms. The van der Waals surface area contributed by atoms with Crippen molar-refractivity contribution in [3.8, 4) is 0 Å². The number of nitrogens with one attached hydrogen (secondary N) is 1. The van der Waals surface area contributed by atoms with Crippen molar-refractivity contribution in [2.75, 3.05) is 13.1 Å². The number of likely N-dealkylation sites (tertiary alicyclic amines) is 1. The van der Waals surface area contributed by atoms with Gasteiger partial charge in [-0.15, -0.1) is 0 Å². The molecule has 82 valence electrons. The first kappa shape index (κ1) is 10.1. The van der Waals surface area contributed by atoms with Gasteiger partial charge in [0.25, 0.3) is 5.91 Å². The van der Waals surface area contributed by atoms with E-state index in [1.807, 2.05) is 6.92 Å². The van der Waals surface area contributed by atoms with Crippen LogP contribution in [0, 0.1) is 5.92 Å². The monoisotopic (exact) mass is 210 g/mol. The predicted octanol–water partition coefficient (Wildman–Crippen LogP) is -0.352. The van der Waals surface area contributed by atoms with E-state index in [4.69, 9.17) is 0 Å². The predicted molar refractivity (Wildman–Crippen MR) is 52.1 cm³/mol. The van der Waals surface area contributed by atoms with Gasteiger partial charge >= 0.3 is 0 Å². The fraction of sp³-hybridized carbons (Fsp3) is 0.667. The molecule has 1 aliphatic rings. The molecule has 0 aliphatic carbocycles. The lowest BCUT2D eigenvalue weighted by Gasteiger charge is -2.33. The van der Waals surface area contributed by atoms with Gasteiger partial charge in [-0.2, -0.15) is 15.4 Å². The van der Waals surface area contributed by atoms with Crippen LogP contribution in [0.25, 0.3) is 0 Å². The molecule has 2 N–H and O–H groups in total. The van der Waals surface area contributed by atoms with Crippen LogP contribution in [0.3, 0.4) is 0 Å². The third-order valence-electron chi connectivity index (χ3n) is 2.84. The van der Waals surface area contributed by atoms with Crippen LogP contribution in [0.5, 0.6) is 0 Å². The maximum Gasteiger partial charge on any atom is 0.276 e. The zero-order valence-electron chi connectivity index (χ0n) is 8.55. The number of hydrogen-bond donors (Lipinski definition) is 2. The molecule has 2 atom stereocenters. The average Bonchev–Trinajstić information content (AvgIpc) is 2.74. The summed E-state index contributed by atoms with van der Waals surface area (Å²) >= 11 is 0. The number of β-amino-alcohol motifs (C(OH)–C–C–N with tert-alkyl or cyclic N) is 1. The second-order valence-corrected chi connectivity index (χ2v) is 3.94. The summed E-state index contributed by atoms with van der Waals surface area (Å²) in [5.41, 5.74) is 0.303. The van der Waals surface area contributed by atoms with Gasteiger partial charge in [0.05, 0.1) is 12.3 Å². The molecule has 2 rings (SSSR count). The van der Waals surface area contributed by atoms with Crippen molar-refractivity contribution >= 4 is 5.91 Å². The van der Waals surface area contributed by atoms with Gasteiger partial charge in [0.15, 0.2) is 5.69 Å². The molecule has 1 amide bonds. The number of hydrogen-bond acceptors (Lipinski definition) is 4. The number of carbonyl (C=O) groups excluding carboxylic acids is 1. The maximum absolute atomic E-state index is 11.8. The summed E-state index contributed by atoms with van der Waals surface area (Å²) in [4.78, 5) is 13.4. The van der Waals surface area contributed by atoms with Gasteiger partial charge in [-0.1, -0.05) is 6.92 Å². The van der Waals surface area contributed by atoms with Crippen molar-refractivity contribution in [3.63, 3.8) is 0 Å². The van der Waals surface area contributed by atoms with Crippen LogP contribution in [0.2, 0.25) is 0 Å². The third-order valence-corrected chi connectivity index (χ3v) is 2.84. The second kappa shape index (κ2) is 3.98. The Labute approximate surface area is 87.3 Å². The Hall–Kier alpha value is -1.43. The highest BCUT2D eigenvalue weighted by Crippen LogP contribution is 2.18. The minimum Gasteiger partial charge on any atom is -0.391 e. The fourth-order valence-corrected chi connectivity index (χ4v) is 1.70. The lowest BCUT2D eigenvalue weighted by molar-refractivity contribution is 0.0245. The smallest absolute Gasteiger partial charge is 0.276 e.